The van der Waals surface area contributed by atoms with Gasteiger partial charge < -0.3 is 13.9 Å². The molecule has 0 amide bonds. The minimum Gasteiger partial charge on any atom is -0.465 e. The van der Waals surface area contributed by atoms with Crippen LogP contribution < -0.4 is 5.32 Å². The molecule has 1 N–H and O–H groups in total. The third-order valence-corrected chi connectivity index (χ3v) is 6.53. The zero-order chi connectivity index (χ0) is 18.7. The van der Waals surface area contributed by atoms with E-state index in [1.54, 1.807) is 0 Å². The number of furan rings is 1. The van der Waals surface area contributed by atoms with Gasteiger partial charge in [-0.05, 0) is 75.5 Å². The second-order valence-corrected chi connectivity index (χ2v) is 9.78. The van der Waals surface area contributed by atoms with Crippen molar-refractivity contribution in [3.05, 3.63) is 41.1 Å². The SMILES string of the molecule is Cc1cc(SCCCC2C3=CC(OS(C)(=O)=O)=CC2CNCC3)c(C)o1. The van der Waals surface area contributed by atoms with E-state index in [-0.39, 0.29) is 5.92 Å². The molecule has 1 aromatic heterocycles. The summed E-state index contributed by atoms with van der Waals surface area (Å²) in [4.78, 5) is 1.23. The highest BCUT2D eigenvalue weighted by Gasteiger charge is 2.30. The zero-order valence-electron chi connectivity index (χ0n) is 15.6. The average Bonchev–Trinajstić information content (AvgIpc) is 2.79. The van der Waals surface area contributed by atoms with Gasteiger partial charge in [0.2, 0.25) is 0 Å². The third kappa shape index (κ3) is 5.18. The number of aryl methyl sites for hydroxylation is 2. The Morgan fingerprint density at radius 1 is 1.38 bits per heavy atom. The first kappa shape index (κ1) is 19.6. The van der Waals surface area contributed by atoms with Gasteiger partial charge in [-0.2, -0.15) is 8.42 Å². The predicted molar refractivity (Wildman–Crippen MR) is 105 cm³/mol. The van der Waals surface area contributed by atoms with E-state index >= 15 is 0 Å². The van der Waals surface area contributed by atoms with Crippen LogP contribution in [0.2, 0.25) is 0 Å². The molecular formula is C19H27NO4S2. The van der Waals surface area contributed by atoms with Crippen molar-refractivity contribution >= 4 is 21.9 Å². The molecule has 1 aromatic rings. The van der Waals surface area contributed by atoms with Crippen LogP contribution >= 0.6 is 11.8 Å². The van der Waals surface area contributed by atoms with E-state index in [0.717, 1.165) is 55.9 Å². The molecule has 2 heterocycles. The van der Waals surface area contributed by atoms with Crippen molar-refractivity contribution < 1.29 is 17.0 Å². The van der Waals surface area contributed by atoms with Gasteiger partial charge in [0.15, 0.2) is 0 Å². The topological polar surface area (TPSA) is 68.5 Å². The van der Waals surface area contributed by atoms with Gasteiger partial charge in [0.05, 0.1) is 6.26 Å². The number of allylic oxidation sites excluding steroid dienone is 1. The van der Waals surface area contributed by atoms with Gasteiger partial charge in [-0.1, -0.05) is 5.57 Å². The standard InChI is InChI=1S/C19H27NO4S2/c1-13-9-19(14(2)23-13)25-8-4-5-18-15-6-7-20-12-16(18)11-17(10-15)24-26(3,21)22/h9-11,16,18,20H,4-8,12H2,1-3H3. The first-order valence-electron chi connectivity index (χ1n) is 9.04. The van der Waals surface area contributed by atoms with Crippen LogP contribution in [0.5, 0.6) is 0 Å². The number of rotatable bonds is 7. The molecule has 5 nitrogen and oxygen atoms in total. The maximum Gasteiger partial charge on any atom is 0.306 e. The fourth-order valence-electron chi connectivity index (χ4n) is 3.76. The van der Waals surface area contributed by atoms with Crippen molar-refractivity contribution in [2.75, 3.05) is 25.1 Å². The third-order valence-electron chi connectivity index (χ3n) is 4.83. The molecular weight excluding hydrogens is 370 g/mol. The summed E-state index contributed by atoms with van der Waals surface area (Å²) in [5.74, 6) is 4.24. The Balaban J connectivity index is 1.59. The quantitative estimate of drug-likeness (QED) is 0.429. The Morgan fingerprint density at radius 3 is 2.88 bits per heavy atom. The maximum absolute atomic E-state index is 11.4. The minimum absolute atomic E-state index is 0.289. The highest BCUT2D eigenvalue weighted by molar-refractivity contribution is 7.99. The largest absolute Gasteiger partial charge is 0.465 e. The molecule has 0 saturated carbocycles. The number of nitrogens with one attached hydrogen (secondary N) is 1. The summed E-state index contributed by atoms with van der Waals surface area (Å²) >= 11 is 1.85. The zero-order valence-corrected chi connectivity index (χ0v) is 17.2. The summed E-state index contributed by atoms with van der Waals surface area (Å²) in [6.45, 7) is 5.79. The first-order valence-corrected chi connectivity index (χ1v) is 11.8. The van der Waals surface area contributed by atoms with Gasteiger partial charge in [-0.15, -0.1) is 11.8 Å². The molecule has 2 aliphatic rings. The van der Waals surface area contributed by atoms with Crippen molar-refractivity contribution in [2.24, 2.45) is 11.8 Å². The van der Waals surface area contributed by atoms with Gasteiger partial charge in [-0.3, -0.25) is 0 Å². The predicted octanol–water partition coefficient (Wildman–Crippen LogP) is 3.79. The van der Waals surface area contributed by atoms with Crippen LogP contribution in [0, 0.1) is 25.7 Å². The Hall–Kier alpha value is -1.18. The molecule has 1 fully saturated rings. The Labute approximate surface area is 160 Å². The molecule has 0 radical (unpaired) electrons. The van der Waals surface area contributed by atoms with Crippen LogP contribution in [-0.2, 0) is 14.3 Å². The molecule has 0 aromatic carbocycles. The summed E-state index contributed by atoms with van der Waals surface area (Å²) in [6, 6.07) is 2.10. The summed E-state index contributed by atoms with van der Waals surface area (Å²) in [5, 5.41) is 3.45. The summed E-state index contributed by atoms with van der Waals surface area (Å²) in [5.41, 5.74) is 1.31. The molecule has 144 valence electrons. The number of thioether (sulfide) groups is 1. The van der Waals surface area contributed by atoms with Gasteiger partial charge in [-0.25, -0.2) is 0 Å². The lowest BCUT2D eigenvalue weighted by atomic mass is 9.78. The van der Waals surface area contributed by atoms with Crippen LogP contribution in [0.25, 0.3) is 0 Å². The first-order chi connectivity index (χ1) is 12.3. The second kappa shape index (κ2) is 8.23. The van der Waals surface area contributed by atoms with Gasteiger partial charge >= 0.3 is 10.1 Å². The molecule has 2 unspecified atom stereocenters. The average molecular weight is 398 g/mol. The highest BCUT2D eigenvalue weighted by atomic mass is 32.2. The molecule has 3 rings (SSSR count). The van der Waals surface area contributed by atoms with E-state index in [1.165, 1.54) is 10.5 Å². The van der Waals surface area contributed by atoms with Crippen LogP contribution in [0.3, 0.4) is 0 Å². The van der Waals surface area contributed by atoms with Crippen molar-refractivity contribution in [3.8, 4) is 0 Å². The molecule has 1 saturated heterocycles. The minimum atomic E-state index is -3.48. The van der Waals surface area contributed by atoms with E-state index in [9.17, 15) is 8.42 Å². The van der Waals surface area contributed by atoms with Gasteiger partial charge in [0, 0.05) is 11.4 Å². The molecule has 1 aliphatic carbocycles. The van der Waals surface area contributed by atoms with Crippen molar-refractivity contribution in [3.63, 3.8) is 0 Å². The molecule has 1 aliphatic heterocycles. The Morgan fingerprint density at radius 2 is 2.19 bits per heavy atom. The number of fused-ring (bicyclic) bond motifs is 2. The Bertz CT molecular complexity index is 808. The van der Waals surface area contributed by atoms with Gasteiger partial charge in [0.25, 0.3) is 0 Å². The number of hydrogen-bond acceptors (Lipinski definition) is 6. The van der Waals surface area contributed by atoms with Crippen LogP contribution in [0.4, 0.5) is 0 Å². The summed E-state index contributed by atoms with van der Waals surface area (Å²) in [6.07, 6.45) is 8.17. The van der Waals surface area contributed by atoms with Crippen LogP contribution in [0.15, 0.2) is 38.9 Å². The van der Waals surface area contributed by atoms with E-state index in [1.807, 2.05) is 37.8 Å². The fraction of sp³-hybridized carbons (Fsp3) is 0.579. The normalized spacial score (nSPS) is 23.2. The lowest BCUT2D eigenvalue weighted by Crippen LogP contribution is -2.26. The van der Waals surface area contributed by atoms with Gasteiger partial charge in [0.1, 0.15) is 17.3 Å². The number of hydrogen-bond donors (Lipinski definition) is 1. The molecule has 26 heavy (non-hydrogen) atoms. The van der Waals surface area contributed by atoms with Crippen LogP contribution in [0.1, 0.15) is 30.8 Å². The fourth-order valence-corrected chi connectivity index (χ4v) is 5.24. The van der Waals surface area contributed by atoms with Crippen molar-refractivity contribution in [2.45, 2.75) is 38.0 Å². The van der Waals surface area contributed by atoms with E-state index < -0.39 is 10.1 Å². The monoisotopic (exact) mass is 397 g/mol. The van der Waals surface area contributed by atoms with Crippen molar-refractivity contribution in [1.82, 2.24) is 5.32 Å². The van der Waals surface area contributed by atoms with Crippen molar-refractivity contribution in [1.29, 1.82) is 0 Å². The molecule has 7 heteroatoms. The smallest absolute Gasteiger partial charge is 0.306 e. The molecule has 2 atom stereocenters. The summed E-state index contributed by atoms with van der Waals surface area (Å²) < 4.78 is 33.6. The van der Waals surface area contributed by atoms with Crippen LogP contribution in [-0.4, -0.2) is 33.5 Å². The Kier molecular flexibility index (Phi) is 6.20. The summed E-state index contributed by atoms with van der Waals surface area (Å²) in [7, 11) is -3.48. The molecule has 2 bridgehead atoms. The van der Waals surface area contributed by atoms with E-state index in [0.29, 0.717) is 11.7 Å². The highest BCUT2D eigenvalue weighted by Crippen LogP contribution is 2.37. The second-order valence-electron chi connectivity index (χ2n) is 7.07. The molecule has 0 spiro atoms. The lowest BCUT2D eigenvalue weighted by Gasteiger charge is -2.28. The van der Waals surface area contributed by atoms with E-state index in [4.69, 9.17) is 8.60 Å². The van der Waals surface area contributed by atoms with E-state index in [2.05, 4.69) is 11.4 Å². The lowest BCUT2D eigenvalue weighted by molar-refractivity contribution is 0.374. The maximum atomic E-state index is 11.4.